The van der Waals surface area contributed by atoms with Crippen molar-refractivity contribution in [2.24, 2.45) is 0 Å². The van der Waals surface area contributed by atoms with Crippen LogP contribution in [0, 0.1) is 22.9 Å². The zero-order valence-electron chi connectivity index (χ0n) is 8.40. The fraction of sp³-hybridized carbons (Fsp3) is 0.100. The Morgan fingerprint density at radius 2 is 2.25 bits per heavy atom. The summed E-state index contributed by atoms with van der Waals surface area (Å²) in [6.07, 6.45) is 1.49. The standard InChI is InChI=1S/C10H8FN3O2/c1-6-5-12-10(13-6)9-7(11)3-2-4-8(9)14(15)16/h2-5H,1H3,(H,12,13). The van der Waals surface area contributed by atoms with E-state index in [0.717, 1.165) is 0 Å². The zero-order valence-corrected chi connectivity index (χ0v) is 8.40. The number of halogens is 1. The highest BCUT2D eigenvalue weighted by Gasteiger charge is 2.21. The molecule has 2 aromatic rings. The molecule has 2 rings (SSSR count). The van der Waals surface area contributed by atoms with Gasteiger partial charge in [0.15, 0.2) is 0 Å². The van der Waals surface area contributed by atoms with E-state index < -0.39 is 10.7 Å². The molecule has 0 aliphatic heterocycles. The molecule has 1 aromatic heterocycles. The van der Waals surface area contributed by atoms with E-state index in [1.165, 1.54) is 24.4 Å². The summed E-state index contributed by atoms with van der Waals surface area (Å²) >= 11 is 0. The van der Waals surface area contributed by atoms with E-state index in [-0.39, 0.29) is 17.1 Å². The van der Waals surface area contributed by atoms with E-state index in [1.54, 1.807) is 6.92 Å². The van der Waals surface area contributed by atoms with Gasteiger partial charge in [0.1, 0.15) is 17.2 Å². The molecule has 0 fully saturated rings. The van der Waals surface area contributed by atoms with Crippen LogP contribution in [0.25, 0.3) is 11.4 Å². The van der Waals surface area contributed by atoms with Crippen molar-refractivity contribution in [2.75, 3.05) is 0 Å². The first-order chi connectivity index (χ1) is 7.59. The number of nitrogens with one attached hydrogen (secondary N) is 1. The van der Waals surface area contributed by atoms with Gasteiger partial charge in [-0.15, -0.1) is 0 Å². The Morgan fingerprint density at radius 1 is 1.50 bits per heavy atom. The number of hydrogen-bond acceptors (Lipinski definition) is 3. The minimum atomic E-state index is -0.663. The van der Waals surface area contributed by atoms with Gasteiger partial charge in [-0.25, -0.2) is 9.37 Å². The summed E-state index contributed by atoms with van der Waals surface area (Å²) < 4.78 is 13.5. The lowest BCUT2D eigenvalue weighted by Crippen LogP contribution is -1.96. The van der Waals surface area contributed by atoms with Crippen LogP contribution in [0.5, 0.6) is 0 Å². The summed E-state index contributed by atoms with van der Waals surface area (Å²) in [4.78, 5) is 16.8. The maximum atomic E-state index is 13.5. The van der Waals surface area contributed by atoms with E-state index in [4.69, 9.17) is 0 Å². The first kappa shape index (κ1) is 10.3. The molecule has 5 nitrogen and oxygen atoms in total. The van der Waals surface area contributed by atoms with Gasteiger partial charge in [-0.2, -0.15) is 0 Å². The van der Waals surface area contributed by atoms with E-state index in [9.17, 15) is 14.5 Å². The van der Waals surface area contributed by atoms with Crippen molar-refractivity contribution in [3.8, 4) is 11.4 Å². The van der Waals surface area contributed by atoms with Crippen molar-refractivity contribution >= 4 is 5.69 Å². The fourth-order valence-corrected chi connectivity index (χ4v) is 1.44. The predicted molar refractivity (Wildman–Crippen MR) is 55.4 cm³/mol. The second-order valence-corrected chi connectivity index (χ2v) is 3.31. The Bertz CT molecular complexity index is 551. The summed E-state index contributed by atoms with van der Waals surface area (Å²) in [6.45, 7) is 1.74. The van der Waals surface area contributed by atoms with Crippen molar-refractivity contribution in [2.45, 2.75) is 6.92 Å². The number of nitrogens with zero attached hydrogens (tertiary/aromatic N) is 2. The molecular weight excluding hydrogens is 213 g/mol. The number of nitro groups is 1. The second kappa shape index (κ2) is 3.73. The molecule has 0 radical (unpaired) electrons. The predicted octanol–water partition coefficient (Wildman–Crippen LogP) is 2.43. The van der Waals surface area contributed by atoms with Crippen LogP contribution in [0.2, 0.25) is 0 Å². The third-order valence-corrected chi connectivity index (χ3v) is 2.13. The number of H-pyrrole nitrogens is 1. The maximum absolute atomic E-state index is 13.5. The highest BCUT2D eigenvalue weighted by atomic mass is 19.1. The quantitative estimate of drug-likeness (QED) is 0.625. The number of aryl methyl sites for hydroxylation is 1. The number of aromatic nitrogens is 2. The van der Waals surface area contributed by atoms with Crippen LogP contribution in [0.15, 0.2) is 24.4 Å². The van der Waals surface area contributed by atoms with Gasteiger partial charge in [0.25, 0.3) is 5.69 Å². The summed E-state index contributed by atoms with van der Waals surface area (Å²) in [6, 6.07) is 3.71. The van der Waals surface area contributed by atoms with Crippen LogP contribution in [0.1, 0.15) is 5.69 Å². The van der Waals surface area contributed by atoms with Crippen LogP contribution < -0.4 is 0 Å². The van der Waals surface area contributed by atoms with E-state index >= 15 is 0 Å². The number of hydrogen-bond donors (Lipinski definition) is 1. The highest BCUT2D eigenvalue weighted by molar-refractivity contribution is 5.68. The smallest absolute Gasteiger partial charge is 0.283 e. The molecule has 0 aliphatic rings. The maximum Gasteiger partial charge on any atom is 0.283 e. The van der Waals surface area contributed by atoms with Gasteiger partial charge < -0.3 is 4.98 Å². The average molecular weight is 221 g/mol. The molecule has 0 saturated heterocycles. The number of rotatable bonds is 2. The van der Waals surface area contributed by atoms with Crippen molar-refractivity contribution in [3.05, 3.63) is 46.0 Å². The largest absolute Gasteiger partial charge is 0.342 e. The molecule has 0 amide bonds. The van der Waals surface area contributed by atoms with Crippen molar-refractivity contribution < 1.29 is 9.31 Å². The zero-order chi connectivity index (χ0) is 11.7. The highest BCUT2D eigenvalue weighted by Crippen LogP contribution is 2.29. The number of nitro benzene ring substituents is 1. The summed E-state index contributed by atoms with van der Waals surface area (Å²) in [5.74, 6) is -0.495. The van der Waals surface area contributed by atoms with E-state index in [1.807, 2.05) is 0 Å². The third kappa shape index (κ3) is 1.65. The van der Waals surface area contributed by atoms with Gasteiger partial charge in [0.05, 0.1) is 4.92 Å². The SMILES string of the molecule is Cc1cnc(-c2c(F)cccc2[N+](=O)[O-])[nH]1. The Labute approximate surface area is 90.1 Å². The van der Waals surface area contributed by atoms with E-state index in [0.29, 0.717) is 5.69 Å². The van der Waals surface area contributed by atoms with Crippen LogP contribution in [-0.4, -0.2) is 14.9 Å². The van der Waals surface area contributed by atoms with E-state index in [2.05, 4.69) is 9.97 Å². The first-order valence-corrected chi connectivity index (χ1v) is 4.54. The van der Waals surface area contributed by atoms with Crippen LogP contribution >= 0.6 is 0 Å². The summed E-state index contributed by atoms with van der Waals surface area (Å²) in [7, 11) is 0. The van der Waals surface area contributed by atoms with Gasteiger partial charge in [0.2, 0.25) is 0 Å². The Hall–Kier alpha value is -2.24. The van der Waals surface area contributed by atoms with Gasteiger partial charge in [0, 0.05) is 18.0 Å². The average Bonchev–Trinajstić information content (AvgIpc) is 2.64. The van der Waals surface area contributed by atoms with Crippen molar-refractivity contribution in [3.63, 3.8) is 0 Å². The molecule has 0 bridgehead atoms. The molecule has 16 heavy (non-hydrogen) atoms. The number of aromatic amines is 1. The molecular formula is C10H8FN3O2. The molecule has 0 atom stereocenters. The minimum Gasteiger partial charge on any atom is -0.342 e. The normalized spacial score (nSPS) is 10.4. The van der Waals surface area contributed by atoms with Gasteiger partial charge in [-0.3, -0.25) is 10.1 Å². The van der Waals surface area contributed by atoms with Crippen molar-refractivity contribution in [1.82, 2.24) is 9.97 Å². The Morgan fingerprint density at radius 3 is 2.81 bits per heavy atom. The molecule has 0 spiro atoms. The number of imidazole rings is 1. The second-order valence-electron chi connectivity index (χ2n) is 3.31. The lowest BCUT2D eigenvalue weighted by atomic mass is 10.1. The molecule has 0 aliphatic carbocycles. The monoisotopic (exact) mass is 221 g/mol. The topological polar surface area (TPSA) is 71.8 Å². The third-order valence-electron chi connectivity index (χ3n) is 2.13. The Balaban J connectivity index is 2.67. The molecule has 0 unspecified atom stereocenters. The molecule has 6 heteroatoms. The van der Waals surface area contributed by atoms with Crippen LogP contribution in [0.3, 0.4) is 0 Å². The molecule has 0 saturated carbocycles. The molecule has 1 heterocycles. The van der Waals surface area contributed by atoms with Crippen LogP contribution in [0.4, 0.5) is 10.1 Å². The molecule has 1 aromatic carbocycles. The first-order valence-electron chi connectivity index (χ1n) is 4.54. The minimum absolute atomic E-state index is 0.111. The lowest BCUT2D eigenvalue weighted by molar-refractivity contribution is -0.384. The molecule has 82 valence electrons. The van der Waals surface area contributed by atoms with Gasteiger partial charge >= 0.3 is 0 Å². The summed E-state index contributed by atoms with van der Waals surface area (Å²) in [5.41, 5.74) is 0.308. The van der Waals surface area contributed by atoms with Gasteiger partial charge in [-0.1, -0.05) is 6.07 Å². The fourth-order valence-electron chi connectivity index (χ4n) is 1.44. The summed E-state index contributed by atoms with van der Waals surface area (Å²) in [5, 5.41) is 10.8. The molecule has 1 N–H and O–H groups in total. The Kier molecular flexibility index (Phi) is 2.40. The lowest BCUT2D eigenvalue weighted by Gasteiger charge is -2.00. The van der Waals surface area contributed by atoms with Gasteiger partial charge in [-0.05, 0) is 13.0 Å². The van der Waals surface area contributed by atoms with Crippen molar-refractivity contribution in [1.29, 1.82) is 0 Å². The number of benzene rings is 1. The van der Waals surface area contributed by atoms with Crippen LogP contribution in [-0.2, 0) is 0 Å².